The number of nitrogens with zero attached hydrogens (tertiary/aromatic N) is 1. The highest BCUT2D eigenvalue weighted by Crippen LogP contribution is 2.24. The maximum atomic E-state index is 12.5. The first-order valence-corrected chi connectivity index (χ1v) is 7.32. The normalized spacial score (nSPS) is 28.1. The van der Waals surface area contributed by atoms with Crippen LogP contribution in [0.25, 0.3) is 0 Å². The average molecular weight is 269 g/mol. The number of carbonyl (C=O) groups is 2. The Hall–Kier alpha value is -1.10. The third kappa shape index (κ3) is 3.93. The van der Waals surface area contributed by atoms with E-state index in [-0.39, 0.29) is 24.5 Å². The van der Waals surface area contributed by atoms with Gasteiger partial charge >= 0.3 is 5.97 Å². The summed E-state index contributed by atoms with van der Waals surface area (Å²) in [5, 5.41) is 8.79. The average Bonchev–Trinajstić information content (AvgIpc) is 2.45. The van der Waals surface area contributed by atoms with E-state index in [0.717, 1.165) is 45.1 Å². The van der Waals surface area contributed by atoms with Gasteiger partial charge in [-0.1, -0.05) is 0 Å². The van der Waals surface area contributed by atoms with Gasteiger partial charge in [0.15, 0.2) is 0 Å². The summed E-state index contributed by atoms with van der Waals surface area (Å²) >= 11 is 0. The number of amides is 1. The molecule has 1 N–H and O–H groups in total. The van der Waals surface area contributed by atoms with Gasteiger partial charge in [-0.15, -0.1) is 0 Å². The zero-order valence-electron chi connectivity index (χ0n) is 11.3. The van der Waals surface area contributed by atoms with Gasteiger partial charge < -0.3 is 14.7 Å². The van der Waals surface area contributed by atoms with E-state index in [1.165, 1.54) is 0 Å². The van der Waals surface area contributed by atoms with Gasteiger partial charge in [-0.3, -0.25) is 9.59 Å². The summed E-state index contributed by atoms with van der Waals surface area (Å²) in [6.07, 6.45) is 6.32. The van der Waals surface area contributed by atoms with E-state index in [4.69, 9.17) is 9.84 Å². The number of rotatable bonds is 4. The van der Waals surface area contributed by atoms with Crippen molar-refractivity contribution in [3.05, 3.63) is 0 Å². The van der Waals surface area contributed by atoms with Crippen LogP contribution in [0.2, 0.25) is 0 Å². The molecule has 2 aliphatic heterocycles. The number of ether oxygens (including phenoxy) is 1. The van der Waals surface area contributed by atoms with Gasteiger partial charge in [0.05, 0.1) is 0 Å². The highest BCUT2D eigenvalue weighted by atomic mass is 16.5. The summed E-state index contributed by atoms with van der Waals surface area (Å²) in [7, 11) is 0. The van der Waals surface area contributed by atoms with Crippen LogP contribution in [0.3, 0.4) is 0 Å². The predicted octanol–water partition coefficient (Wildman–Crippen LogP) is 1.80. The second-order valence-corrected chi connectivity index (χ2v) is 5.47. The molecule has 0 bridgehead atoms. The Bertz CT molecular complexity index is 325. The van der Waals surface area contributed by atoms with Crippen molar-refractivity contribution in [1.82, 2.24) is 4.90 Å². The van der Waals surface area contributed by atoms with Gasteiger partial charge in [-0.25, -0.2) is 0 Å². The number of carboxylic acids is 1. The van der Waals surface area contributed by atoms with E-state index in [1.54, 1.807) is 0 Å². The first-order valence-electron chi connectivity index (χ1n) is 7.32. The van der Waals surface area contributed by atoms with E-state index in [9.17, 15) is 9.59 Å². The smallest absolute Gasteiger partial charge is 0.303 e. The molecule has 0 aromatic rings. The SMILES string of the molecule is O=C(O)CC[C@@H]1CCCCN1C(=O)[C@@H]1CCCCO1. The van der Waals surface area contributed by atoms with E-state index >= 15 is 0 Å². The third-order valence-electron chi connectivity index (χ3n) is 4.06. The van der Waals surface area contributed by atoms with Gasteiger partial charge in [0.1, 0.15) is 6.10 Å². The lowest BCUT2D eigenvalue weighted by atomic mass is 9.96. The highest BCUT2D eigenvalue weighted by molar-refractivity contribution is 5.81. The fraction of sp³-hybridized carbons (Fsp3) is 0.857. The van der Waals surface area contributed by atoms with Crippen LogP contribution >= 0.6 is 0 Å². The van der Waals surface area contributed by atoms with Gasteiger partial charge in [0.25, 0.3) is 5.91 Å². The summed E-state index contributed by atoms with van der Waals surface area (Å²) in [6.45, 7) is 1.42. The van der Waals surface area contributed by atoms with Crippen molar-refractivity contribution in [2.45, 2.75) is 63.5 Å². The van der Waals surface area contributed by atoms with Crippen LogP contribution in [-0.2, 0) is 14.3 Å². The molecule has 0 unspecified atom stereocenters. The lowest BCUT2D eigenvalue weighted by Gasteiger charge is -2.38. The predicted molar refractivity (Wildman–Crippen MR) is 69.8 cm³/mol. The molecule has 2 aliphatic rings. The quantitative estimate of drug-likeness (QED) is 0.845. The molecule has 0 spiro atoms. The number of piperidine rings is 1. The van der Waals surface area contributed by atoms with Crippen molar-refractivity contribution in [3.8, 4) is 0 Å². The Morgan fingerprint density at radius 3 is 2.63 bits per heavy atom. The molecule has 1 amide bonds. The molecule has 0 aromatic heterocycles. The molecule has 0 radical (unpaired) electrons. The summed E-state index contributed by atoms with van der Waals surface area (Å²) in [5.41, 5.74) is 0. The van der Waals surface area contributed by atoms with Crippen molar-refractivity contribution in [2.24, 2.45) is 0 Å². The Balaban J connectivity index is 1.93. The van der Waals surface area contributed by atoms with Gasteiger partial charge in [-0.2, -0.15) is 0 Å². The van der Waals surface area contributed by atoms with Crippen LogP contribution in [0.4, 0.5) is 0 Å². The summed E-state index contributed by atoms with van der Waals surface area (Å²) in [5.74, 6) is -0.707. The maximum absolute atomic E-state index is 12.5. The molecule has 0 aromatic carbocycles. The molecule has 5 heteroatoms. The second-order valence-electron chi connectivity index (χ2n) is 5.47. The molecule has 108 valence electrons. The number of aliphatic carboxylic acids is 1. The first-order chi connectivity index (χ1) is 9.18. The molecule has 2 fully saturated rings. The minimum Gasteiger partial charge on any atom is -0.481 e. The van der Waals surface area contributed by atoms with Gasteiger partial charge in [-0.05, 0) is 44.9 Å². The zero-order chi connectivity index (χ0) is 13.7. The Morgan fingerprint density at radius 1 is 1.16 bits per heavy atom. The lowest BCUT2D eigenvalue weighted by Crippen LogP contribution is -2.49. The number of hydrogen-bond acceptors (Lipinski definition) is 3. The molecule has 2 heterocycles. The molecule has 2 saturated heterocycles. The topological polar surface area (TPSA) is 66.8 Å². The van der Waals surface area contributed by atoms with Crippen LogP contribution in [-0.4, -0.2) is 47.2 Å². The number of likely N-dealkylation sites (tertiary alicyclic amines) is 1. The largest absolute Gasteiger partial charge is 0.481 e. The van der Waals surface area contributed by atoms with Gasteiger partial charge in [0, 0.05) is 25.6 Å². The maximum Gasteiger partial charge on any atom is 0.303 e. The van der Waals surface area contributed by atoms with Crippen molar-refractivity contribution in [2.75, 3.05) is 13.2 Å². The van der Waals surface area contributed by atoms with E-state index in [2.05, 4.69) is 0 Å². The molecule has 19 heavy (non-hydrogen) atoms. The Kier molecular flexibility index (Phi) is 5.19. The van der Waals surface area contributed by atoms with Gasteiger partial charge in [0.2, 0.25) is 0 Å². The summed E-state index contributed by atoms with van der Waals surface area (Å²) in [4.78, 5) is 25.0. The molecular weight excluding hydrogens is 246 g/mol. The summed E-state index contributed by atoms with van der Waals surface area (Å²) in [6, 6.07) is 0.0860. The van der Waals surface area contributed by atoms with Crippen molar-refractivity contribution in [3.63, 3.8) is 0 Å². The van der Waals surface area contributed by atoms with Crippen LogP contribution in [0.5, 0.6) is 0 Å². The standard InChI is InChI=1S/C14H23NO4/c16-13(17)8-7-11-5-1-3-9-15(11)14(18)12-6-2-4-10-19-12/h11-12H,1-10H2,(H,16,17)/t11-,12-/m0/s1. The lowest BCUT2D eigenvalue weighted by molar-refractivity contribution is -0.151. The van der Waals surface area contributed by atoms with Crippen LogP contribution in [0, 0.1) is 0 Å². The fourth-order valence-corrected chi connectivity index (χ4v) is 3.00. The summed E-state index contributed by atoms with van der Waals surface area (Å²) < 4.78 is 5.56. The number of hydrogen-bond donors (Lipinski definition) is 1. The van der Waals surface area contributed by atoms with E-state index in [1.807, 2.05) is 4.90 Å². The Morgan fingerprint density at radius 2 is 1.95 bits per heavy atom. The first kappa shape index (κ1) is 14.3. The fourth-order valence-electron chi connectivity index (χ4n) is 3.00. The van der Waals surface area contributed by atoms with Crippen LogP contribution in [0.15, 0.2) is 0 Å². The van der Waals surface area contributed by atoms with Crippen LogP contribution in [0.1, 0.15) is 51.4 Å². The van der Waals surface area contributed by atoms with E-state index < -0.39 is 5.97 Å². The van der Waals surface area contributed by atoms with Crippen molar-refractivity contribution >= 4 is 11.9 Å². The van der Waals surface area contributed by atoms with Crippen molar-refractivity contribution < 1.29 is 19.4 Å². The third-order valence-corrected chi connectivity index (χ3v) is 4.06. The van der Waals surface area contributed by atoms with E-state index in [0.29, 0.717) is 13.0 Å². The molecular formula is C14H23NO4. The highest BCUT2D eigenvalue weighted by Gasteiger charge is 2.32. The monoisotopic (exact) mass is 269 g/mol. The molecule has 2 atom stereocenters. The second kappa shape index (κ2) is 6.89. The van der Waals surface area contributed by atoms with Crippen molar-refractivity contribution in [1.29, 1.82) is 0 Å². The van der Waals surface area contributed by atoms with Crippen LogP contribution < -0.4 is 0 Å². The molecule has 0 aliphatic carbocycles. The number of carbonyl (C=O) groups excluding carboxylic acids is 1. The molecule has 2 rings (SSSR count). The number of carboxylic acid groups (broad SMARTS) is 1. The Labute approximate surface area is 113 Å². The minimum absolute atomic E-state index is 0.0785. The zero-order valence-corrected chi connectivity index (χ0v) is 11.3. The minimum atomic E-state index is -0.785. The molecule has 0 saturated carbocycles. The molecule has 5 nitrogen and oxygen atoms in total.